The van der Waals surface area contributed by atoms with Gasteiger partial charge in [0.2, 0.25) is 5.91 Å². The first-order valence-electron chi connectivity index (χ1n) is 8.56. The zero-order chi connectivity index (χ0) is 18.5. The Hall–Kier alpha value is -2.34. The molecule has 0 radical (unpaired) electrons. The zero-order valence-corrected chi connectivity index (χ0v) is 15.4. The maximum absolute atomic E-state index is 14.3. The van der Waals surface area contributed by atoms with Gasteiger partial charge >= 0.3 is 0 Å². The molecule has 1 N–H and O–H groups in total. The van der Waals surface area contributed by atoms with Crippen molar-refractivity contribution in [3.63, 3.8) is 0 Å². The smallest absolute Gasteiger partial charge is 0.238 e. The summed E-state index contributed by atoms with van der Waals surface area (Å²) >= 11 is 1.38. The predicted molar refractivity (Wildman–Crippen MR) is 102 cm³/mol. The van der Waals surface area contributed by atoms with Crippen LogP contribution < -0.4 is 10.1 Å². The second-order valence-electron chi connectivity index (χ2n) is 6.10. The van der Waals surface area contributed by atoms with Gasteiger partial charge in [-0.1, -0.05) is 37.4 Å². The van der Waals surface area contributed by atoms with Crippen molar-refractivity contribution in [2.75, 3.05) is 6.61 Å². The van der Waals surface area contributed by atoms with E-state index in [-0.39, 0.29) is 16.9 Å². The maximum atomic E-state index is 14.3. The fourth-order valence-corrected chi connectivity index (χ4v) is 3.63. The van der Waals surface area contributed by atoms with Crippen LogP contribution >= 0.6 is 11.8 Å². The largest absolute Gasteiger partial charge is 0.490 e. The molecule has 136 valence electrons. The molecule has 1 amide bonds. The third kappa shape index (κ3) is 4.64. The van der Waals surface area contributed by atoms with Gasteiger partial charge in [-0.3, -0.25) is 9.78 Å². The molecule has 0 spiro atoms. The molecule has 6 heteroatoms. The summed E-state index contributed by atoms with van der Waals surface area (Å²) < 4.78 is 19.8. The third-order valence-corrected chi connectivity index (χ3v) is 5.22. The van der Waals surface area contributed by atoms with Crippen LogP contribution in [0.4, 0.5) is 4.39 Å². The number of benzene rings is 1. The van der Waals surface area contributed by atoms with E-state index >= 15 is 0 Å². The van der Waals surface area contributed by atoms with Crippen LogP contribution in [0.3, 0.4) is 0 Å². The molecule has 1 unspecified atom stereocenters. The molecule has 1 aliphatic heterocycles. The number of aryl methyl sites for hydroxylation is 1. The van der Waals surface area contributed by atoms with Gasteiger partial charge in [-0.2, -0.15) is 0 Å². The van der Waals surface area contributed by atoms with Crippen LogP contribution in [0.25, 0.3) is 0 Å². The van der Waals surface area contributed by atoms with Gasteiger partial charge in [-0.05, 0) is 42.2 Å². The number of halogens is 1. The molecule has 2 aromatic rings. The number of pyridine rings is 1. The molecular weight excluding hydrogens is 351 g/mol. The minimum absolute atomic E-state index is 0.0812. The van der Waals surface area contributed by atoms with Gasteiger partial charge in [0.15, 0.2) is 11.6 Å². The lowest BCUT2D eigenvalue weighted by molar-refractivity contribution is -0.119. The first-order valence-corrected chi connectivity index (χ1v) is 9.44. The summed E-state index contributed by atoms with van der Waals surface area (Å²) in [5.41, 5.74) is 2.87. The first-order chi connectivity index (χ1) is 12.5. The predicted octanol–water partition coefficient (Wildman–Crippen LogP) is 3.65. The Morgan fingerprint density at radius 3 is 2.73 bits per heavy atom. The summed E-state index contributed by atoms with van der Waals surface area (Å²) in [5.74, 6) is -0.284. The van der Waals surface area contributed by atoms with E-state index in [0.29, 0.717) is 24.5 Å². The molecule has 1 atom stereocenters. The third-order valence-electron chi connectivity index (χ3n) is 4.17. The number of ether oxygens (including phenoxy) is 1. The van der Waals surface area contributed by atoms with E-state index < -0.39 is 5.82 Å². The van der Waals surface area contributed by atoms with Crippen molar-refractivity contribution < 1.29 is 13.9 Å². The zero-order valence-electron chi connectivity index (χ0n) is 14.6. The van der Waals surface area contributed by atoms with Crippen LogP contribution in [0.5, 0.6) is 5.75 Å². The van der Waals surface area contributed by atoms with Gasteiger partial charge < -0.3 is 10.1 Å². The molecule has 1 saturated heterocycles. The average Bonchev–Trinajstić information content (AvgIpc) is 2.94. The molecule has 0 aliphatic carbocycles. The summed E-state index contributed by atoms with van der Waals surface area (Å²) in [4.78, 5) is 16.1. The molecule has 0 saturated carbocycles. The van der Waals surface area contributed by atoms with Crippen LogP contribution in [-0.4, -0.2) is 22.7 Å². The monoisotopic (exact) mass is 372 g/mol. The lowest BCUT2D eigenvalue weighted by Gasteiger charge is -2.10. The second-order valence-corrected chi connectivity index (χ2v) is 7.40. The summed E-state index contributed by atoms with van der Waals surface area (Å²) in [6.45, 7) is 6.17. The number of nitrogens with zero attached hydrogens (tertiary/aromatic N) is 1. The summed E-state index contributed by atoms with van der Waals surface area (Å²) in [5, 5.41) is 3.05. The van der Waals surface area contributed by atoms with Crippen molar-refractivity contribution in [2.45, 2.75) is 31.4 Å². The molecule has 3 rings (SSSR count). The highest BCUT2D eigenvalue weighted by molar-refractivity contribution is 8.04. The van der Waals surface area contributed by atoms with E-state index in [9.17, 15) is 9.18 Å². The lowest BCUT2D eigenvalue weighted by Crippen LogP contribution is -2.23. The van der Waals surface area contributed by atoms with Crippen LogP contribution in [-0.2, 0) is 24.1 Å². The molecule has 1 aromatic carbocycles. The highest BCUT2D eigenvalue weighted by Crippen LogP contribution is 2.29. The maximum Gasteiger partial charge on any atom is 0.238 e. The highest BCUT2D eigenvalue weighted by atomic mass is 32.2. The Labute approximate surface area is 156 Å². The number of carbonyl (C=O) groups is 1. The normalized spacial score (nSPS) is 16.6. The van der Waals surface area contributed by atoms with Crippen molar-refractivity contribution >= 4 is 17.7 Å². The van der Waals surface area contributed by atoms with Crippen molar-refractivity contribution in [1.29, 1.82) is 0 Å². The summed E-state index contributed by atoms with van der Waals surface area (Å²) in [7, 11) is 0. The number of rotatable bonds is 7. The van der Waals surface area contributed by atoms with E-state index in [4.69, 9.17) is 4.74 Å². The Balaban J connectivity index is 1.54. The lowest BCUT2D eigenvalue weighted by atomic mass is 10.1. The van der Waals surface area contributed by atoms with E-state index in [1.54, 1.807) is 12.1 Å². The number of nitrogens with one attached hydrogen (secondary N) is 1. The van der Waals surface area contributed by atoms with Crippen LogP contribution in [0.2, 0.25) is 0 Å². The van der Waals surface area contributed by atoms with Gasteiger partial charge in [-0.15, -0.1) is 0 Å². The van der Waals surface area contributed by atoms with Gasteiger partial charge in [0.05, 0.1) is 16.9 Å². The van der Waals surface area contributed by atoms with E-state index in [0.717, 1.165) is 17.7 Å². The van der Waals surface area contributed by atoms with E-state index in [1.807, 2.05) is 18.3 Å². The number of thioether (sulfide) groups is 1. The Kier molecular flexibility index (Phi) is 5.93. The molecule has 4 nitrogen and oxygen atoms in total. The number of hydrogen-bond donors (Lipinski definition) is 1. The van der Waals surface area contributed by atoms with Crippen molar-refractivity contribution in [1.82, 2.24) is 10.3 Å². The van der Waals surface area contributed by atoms with Gasteiger partial charge in [0.1, 0.15) is 0 Å². The van der Waals surface area contributed by atoms with Crippen molar-refractivity contribution in [2.24, 2.45) is 0 Å². The standard InChI is InChI=1S/C20H21FN2O2S/c1-3-14-4-6-16(22-12-14)8-9-25-18-7-5-15(10-17(18)21)11-19-20(24)23-13(2)26-19/h4-7,10,12,19H,2-3,8-9,11H2,1H3,(H,23,24). The molecule has 0 bridgehead atoms. The van der Waals surface area contributed by atoms with Crippen LogP contribution in [0, 0.1) is 5.82 Å². The Morgan fingerprint density at radius 2 is 2.12 bits per heavy atom. The minimum Gasteiger partial charge on any atom is -0.490 e. The topological polar surface area (TPSA) is 51.2 Å². The fourth-order valence-electron chi connectivity index (χ4n) is 2.69. The Morgan fingerprint density at radius 1 is 1.31 bits per heavy atom. The molecule has 1 aromatic heterocycles. The van der Waals surface area contributed by atoms with Gasteiger partial charge in [-0.25, -0.2) is 4.39 Å². The van der Waals surface area contributed by atoms with Crippen LogP contribution in [0.15, 0.2) is 48.1 Å². The number of carbonyl (C=O) groups excluding carboxylic acids is 1. The van der Waals surface area contributed by atoms with Gasteiger partial charge in [0.25, 0.3) is 0 Å². The minimum atomic E-state index is -0.418. The average molecular weight is 372 g/mol. The Bertz CT molecular complexity index is 808. The number of amides is 1. The summed E-state index contributed by atoms with van der Waals surface area (Å²) in [6.07, 6.45) is 3.89. The van der Waals surface area contributed by atoms with E-state index in [1.165, 1.54) is 23.4 Å². The molecule has 26 heavy (non-hydrogen) atoms. The first kappa shape index (κ1) is 18.5. The second kappa shape index (κ2) is 8.36. The molecule has 1 aliphatic rings. The number of hydrogen-bond acceptors (Lipinski definition) is 4. The van der Waals surface area contributed by atoms with Gasteiger partial charge in [0, 0.05) is 18.3 Å². The quantitative estimate of drug-likeness (QED) is 0.806. The fraction of sp³-hybridized carbons (Fsp3) is 0.300. The van der Waals surface area contributed by atoms with Crippen molar-refractivity contribution in [3.05, 3.63) is 70.8 Å². The van der Waals surface area contributed by atoms with Crippen molar-refractivity contribution in [3.8, 4) is 5.75 Å². The highest BCUT2D eigenvalue weighted by Gasteiger charge is 2.28. The van der Waals surface area contributed by atoms with E-state index in [2.05, 4.69) is 23.8 Å². The molecule has 2 heterocycles. The SMILES string of the molecule is C=C1NC(=O)C(Cc2ccc(OCCc3ccc(CC)cn3)c(F)c2)S1. The summed E-state index contributed by atoms with van der Waals surface area (Å²) in [6, 6.07) is 8.86. The number of aromatic nitrogens is 1. The molecular formula is C20H21FN2O2S. The molecule has 1 fully saturated rings. The van der Waals surface area contributed by atoms with Crippen LogP contribution in [0.1, 0.15) is 23.7 Å².